The molecule has 3 amide bonds. The number of aromatic nitrogens is 1. The summed E-state index contributed by atoms with van der Waals surface area (Å²) in [4.78, 5) is 39.1. The molecular weight excluding hydrogens is 560 g/mol. The lowest BCUT2D eigenvalue weighted by atomic mass is 9.89. The molecule has 3 atom stereocenters. The monoisotopic (exact) mass is 602 g/mol. The molecule has 1 aromatic heterocycles. The third-order valence-corrected chi connectivity index (χ3v) is 8.56. The Hall–Kier alpha value is -4.58. The maximum absolute atomic E-state index is 14.5. The first-order valence-electron chi connectivity index (χ1n) is 14.9. The number of aliphatic imine (C=N–C) groups is 1. The number of pyridine rings is 1. The van der Waals surface area contributed by atoms with Crippen LogP contribution < -0.4 is 36.1 Å². The van der Waals surface area contributed by atoms with Crippen LogP contribution in [0, 0.1) is 13.8 Å². The number of methoxy groups -OCH3 is 2. The summed E-state index contributed by atoms with van der Waals surface area (Å²) in [6.45, 7) is 9.94. The first-order valence-corrected chi connectivity index (χ1v) is 14.9. The Morgan fingerprint density at radius 3 is 2.50 bits per heavy atom. The number of carbonyl (C=O) groups is 2. The van der Waals surface area contributed by atoms with Gasteiger partial charge in [0.15, 0.2) is 5.79 Å². The summed E-state index contributed by atoms with van der Waals surface area (Å²) >= 11 is 0. The zero-order valence-corrected chi connectivity index (χ0v) is 26.1. The van der Waals surface area contributed by atoms with E-state index in [0.29, 0.717) is 23.1 Å². The van der Waals surface area contributed by atoms with E-state index < -0.39 is 5.79 Å². The predicted octanol–water partition coefficient (Wildman–Crippen LogP) is 3.50. The van der Waals surface area contributed by atoms with Crippen molar-refractivity contribution < 1.29 is 19.1 Å². The Morgan fingerprint density at radius 1 is 1.18 bits per heavy atom. The van der Waals surface area contributed by atoms with Gasteiger partial charge in [-0.05, 0) is 57.4 Å². The molecule has 1 aliphatic carbocycles. The van der Waals surface area contributed by atoms with Gasteiger partial charge in [-0.3, -0.25) is 24.9 Å². The Balaban J connectivity index is 1.52. The van der Waals surface area contributed by atoms with Crippen molar-refractivity contribution >= 4 is 29.7 Å². The Morgan fingerprint density at radius 2 is 1.86 bits per heavy atom. The van der Waals surface area contributed by atoms with E-state index in [2.05, 4.69) is 27.5 Å². The Bertz CT molecular complexity index is 1490. The van der Waals surface area contributed by atoms with Crippen molar-refractivity contribution in [3.05, 3.63) is 65.1 Å². The maximum Gasteiger partial charge on any atom is 0.330 e. The lowest BCUT2D eigenvalue weighted by molar-refractivity contribution is -0.117. The van der Waals surface area contributed by atoms with Crippen molar-refractivity contribution in [1.82, 2.24) is 25.8 Å². The number of rotatable bonds is 9. The number of carbonyl (C=O) groups excluding carboxylic acids is 2. The van der Waals surface area contributed by atoms with E-state index in [-0.39, 0.29) is 37.1 Å². The molecule has 3 aliphatic rings. The van der Waals surface area contributed by atoms with Gasteiger partial charge in [-0.1, -0.05) is 19.4 Å². The Labute approximate surface area is 258 Å². The lowest BCUT2D eigenvalue weighted by Gasteiger charge is -2.46. The number of nitrogens with two attached hydrogens (primary N) is 1. The van der Waals surface area contributed by atoms with Gasteiger partial charge in [-0.2, -0.15) is 0 Å². The average Bonchev–Trinajstić information content (AvgIpc) is 3.00. The standard InChI is InChI=1S/C32H42N8O4/c1-7-28(41)36-23-10-8-9-11-24(23)37-32(4)35-16-22-18-39(29-19(2)25(43-5)15-26(44-6)20(29)3)31(42)40(30(22)38-32)17-21-12-13-34-27(33)14-21/h7,12-16,23-24,37-38H,1,8-11,17-18H2,2-6H3,(H2,33,34)(H,36,41). The summed E-state index contributed by atoms with van der Waals surface area (Å²) in [6.07, 6.45) is 8.57. The smallest absolute Gasteiger partial charge is 0.330 e. The molecule has 1 aromatic carbocycles. The molecule has 3 heterocycles. The third kappa shape index (κ3) is 6.07. The summed E-state index contributed by atoms with van der Waals surface area (Å²) in [5, 5.41) is 10.3. The highest BCUT2D eigenvalue weighted by Crippen LogP contribution is 2.41. The summed E-state index contributed by atoms with van der Waals surface area (Å²) < 4.78 is 11.3. The van der Waals surface area contributed by atoms with Crippen LogP contribution in [0.3, 0.4) is 0 Å². The molecule has 0 radical (unpaired) electrons. The van der Waals surface area contributed by atoms with Crippen molar-refractivity contribution in [3.63, 3.8) is 0 Å². The summed E-state index contributed by atoms with van der Waals surface area (Å²) in [5.41, 5.74) is 10.1. The van der Waals surface area contributed by atoms with Crippen LogP contribution in [0.2, 0.25) is 0 Å². The number of nitrogens with zero attached hydrogens (tertiary/aromatic N) is 4. The normalized spacial score (nSPS) is 23.2. The molecule has 2 aromatic rings. The first kappa shape index (κ1) is 30.9. The van der Waals surface area contributed by atoms with Crippen LogP contribution in [0.5, 0.6) is 11.5 Å². The topological polar surface area (TPSA) is 146 Å². The predicted molar refractivity (Wildman–Crippen MR) is 171 cm³/mol. The van der Waals surface area contributed by atoms with E-state index in [0.717, 1.165) is 53.6 Å². The number of nitrogen functional groups attached to an aromatic ring is 1. The van der Waals surface area contributed by atoms with Gasteiger partial charge in [0.05, 0.1) is 33.0 Å². The second-order valence-electron chi connectivity index (χ2n) is 11.6. The molecule has 0 bridgehead atoms. The van der Waals surface area contributed by atoms with Crippen LogP contribution in [-0.2, 0) is 11.3 Å². The second kappa shape index (κ2) is 12.6. The molecule has 12 heteroatoms. The fourth-order valence-electron chi connectivity index (χ4n) is 6.38. The van der Waals surface area contributed by atoms with Gasteiger partial charge in [0.25, 0.3) is 0 Å². The summed E-state index contributed by atoms with van der Waals surface area (Å²) in [7, 11) is 3.20. The fourth-order valence-corrected chi connectivity index (χ4v) is 6.38. The number of ether oxygens (including phenoxy) is 2. The van der Waals surface area contributed by atoms with E-state index in [1.165, 1.54) is 6.08 Å². The number of nitrogens with one attached hydrogen (secondary N) is 3. The quantitative estimate of drug-likeness (QED) is 0.319. The van der Waals surface area contributed by atoms with Gasteiger partial charge in [0.2, 0.25) is 5.91 Å². The molecule has 0 spiro atoms. The minimum Gasteiger partial charge on any atom is -0.496 e. The highest BCUT2D eigenvalue weighted by Gasteiger charge is 2.42. The van der Waals surface area contributed by atoms with Crippen LogP contribution in [0.1, 0.15) is 49.3 Å². The maximum atomic E-state index is 14.5. The van der Waals surface area contributed by atoms with Gasteiger partial charge in [-0.25, -0.2) is 9.78 Å². The van der Waals surface area contributed by atoms with Crippen LogP contribution in [0.4, 0.5) is 16.3 Å². The number of benzene rings is 1. The molecule has 1 saturated carbocycles. The molecule has 2 aliphatic heterocycles. The number of urea groups is 1. The van der Waals surface area contributed by atoms with Crippen molar-refractivity contribution in [2.45, 2.75) is 70.9 Å². The molecule has 5 rings (SSSR count). The average molecular weight is 603 g/mol. The van der Waals surface area contributed by atoms with Gasteiger partial charge in [0.1, 0.15) is 23.1 Å². The van der Waals surface area contributed by atoms with Crippen LogP contribution in [0.25, 0.3) is 0 Å². The first-order chi connectivity index (χ1) is 21.1. The van der Waals surface area contributed by atoms with Crippen LogP contribution in [0.15, 0.2) is 53.4 Å². The minimum absolute atomic E-state index is 0.0248. The van der Waals surface area contributed by atoms with E-state index in [1.807, 2.05) is 39.1 Å². The summed E-state index contributed by atoms with van der Waals surface area (Å²) in [5.74, 6) is 1.15. The van der Waals surface area contributed by atoms with Crippen LogP contribution in [-0.4, -0.2) is 66.7 Å². The van der Waals surface area contributed by atoms with Crippen molar-refractivity contribution in [2.75, 3.05) is 31.4 Å². The zero-order valence-electron chi connectivity index (χ0n) is 26.1. The van der Waals surface area contributed by atoms with Crippen molar-refractivity contribution in [1.29, 1.82) is 0 Å². The molecular formula is C32H42N8O4. The molecule has 44 heavy (non-hydrogen) atoms. The van der Waals surface area contributed by atoms with Crippen molar-refractivity contribution in [3.8, 4) is 11.5 Å². The van der Waals surface area contributed by atoms with Crippen molar-refractivity contribution in [2.24, 2.45) is 4.99 Å². The van der Waals surface area contributed by atoms with Gasteiger partial charge in [-0.15, -0.1) is 0 Å². The molecule has 1 fully saturated rings. The van der Waals surface area contributed by atoms with E-state index >= 15 is 0 Å². The number of hydrogen-bond acceptors (Lipinski definition) is 9. The zero-order chi connectivity index (χ0) is 31.6. The molecule has 234 valence electrons. The van der Waals surface area contributed by atoms with E-state index in [9.17, 15) is 9.59 Å². The van der Waals surface area contributed by atoms with Gasteiger partial charge >= 0.3 is 6.03 Å². The van der Waals surface area contributed by atoms with E-state index in [1.54, 1.807) is 36.3 Å². The van der Waals surface area contributed by atoms with E-state index in [4.69, 9.17) is 20.2 Å². The number of anilines is 2. The largest absolute Gasteiger partial charge is 0.496 e. The molecule has 12 nitrogen and oxygen atoms in total. The highest BCUT2D eigenvalue weighted by molar-refractivity contribution is 6.00. The fraction of sp³-hybridized carbons (Fsp3) is 0.438. The second-order valence-corrected chi connectivity index (χ2v) is 11.6. The summed E-state index contributed by atoms with van der Waals surface area (Å²) in [6, 6.07) is 5.13. The molecule has 3 unspecified atom stereocenters. The molecule has 0 saturated heterocycles. The SMILES string of the molecule is C=CC(=O)NC1CCCCC1NC1(C)N=CC2=C(N1)N(Cc1ccnc(N)c1)C(=O)N(c1c(C)c(OC)cc(OC)c1C)C2. The third-order valence-electron chi connectivity index (χ3n) is 8.56. The number of amides is 3. The molecule has 5 N–H and O–H groups in total. The Kier molecular flexibility index (Phi) is 8.82. The van der Waals surface area contributed by atoms with Gasteiger partial charge < -0.3 is 25.8 Å². The minimum atomic E-state index is -0.930. The van der Waals surface area contributed by atoms with Gasteiger partial charge in [0, 0.05) is 47.3 Å². The lowest BCUT2D eigenvalue weighted by Crippen LogP contribution is -2.66. The van der Waals surface area contributed by atoms with Crippen LogP contribution >= 0.6 is 0 Å². The number of hydrogen-bond donors (Lipinski definition) is 4. The highest BCUT2D eigenvalue weighted by atomic mass is 16.5.